The normalized spacial score (nSPS) is 13.5. The van der Waals surface area contributed by atoms with Crippen LogP contribution in [0.5, 0.6) is 0 Å². The molecule has 4 N–H and O–H groups in total. The molecule has 0 saturated heterocycles. The summed E-state index contributed by atoms with van der Waals surface area (Å²) < 4.78 is 24.2. The van der Waals surface area contributed by atoms with E-state index in [0.29, 0.717) is 0 Å². The zero-order valence-corrected chi connectivity index (χ0v) is 14.1. The summed E-state index contributed by atoms with van der Waals surface area (Å²) in [6.07, 6.45) is 0. The lowest BCUT2D eigenvalue weighted by Gasteiger charge is -2.14. The predicted octanol–water partition coefficient (Wildman–Crippen LogP) is 0.537. The molecule has 0 radical (unpaired) electrons. The van der Waals surface area contributed by atoms with Crippen molar-refractivity contribution in [3.63, 3.8) is 0 Å². The predicted molar refractivity (Wildman–Crippen MR) is 93.6 cm³/mol. The number of nitrogens with one attached hydrogen (secondary N) is 2. The smallest absolute Gasteiger partial charge is 0.296 e. The Balaban J connectivity index is 1.70. The fourth-order valence-electron chi connectivity index (χ4n) is 2.55. The minimum atomic E-state index is -3.95. The van der Waals surface area contributed by atoms with Crippen LogP contribution in [0.2, 0.25) is 0 Å². The molecule has 1 aliphatic heterocycles. The van der Waals surface area contributed by atoms with E-state index < -0.39 is 34.5 Å². The van der Waals surface area contributed by atoms with Crippen LogP contribution < -0.4 is 15.2 Å². The van der Waals surface area contributed by atoms with Gasteiger partial charge in [-0.15, -0.1) is 0 Å². The van der Waals surface area contributed by atoms with Gasteiger partial charge < -0.3 is 5.32 Å². The van der Waals surface area contributed by atoms with Crippen molar-refractivity contribution >= 4 is 39.3 Å². The van der Waals surface area contributed by atoms with Crippen LogP contribution in [0.3, 0.4) is 0 Å². The zero-order chi connectivity index (χ0) is 18.9. The SMILES string of the molecule is NS(=O)(=O)Nc1cccc(NC(=O)CN2C(=O)c3ccccc3C2=O)c1. The van der Waals surface area contributed by atoms with E-state index in [1.807, 2.05) is 0 Å². The Labute approximate surface area is 149 Å². The van der Waals surface area contributed by atoms with Crippen LogP contribution in [-0.2, 0) is 15.0 Å². The molecule has 3 rings (SSSR count). The molecule has 0 atom stereocenters. The van der Waals surface area contributed by atoms with Gasteiger partial charge in [0.05, 0.1) is 16.8 Å². The zero-order valence-electron chi connectivity index (χ0n) is 13.3. The average Bonchev–Trinajstić information content (AvgIpc) is 2.79. The molecule has 1 heterocycles. The molecular formula is C16H14N4O5S. The Bertz CT molecular complexity index is 984. The lowest BCUT2D eigenvalue weighted by atomic mass is 10.1. The molecule has 0 spiro atoms. The van der Waals surface area contributed by atoms with Gasteiger partial charge in [0.15, 0.2) is 0 Å². The Hall–Kier alpha value is -3.24. The minimum absolute atomic E-state index is 0.158. The van der Waals surface area contributed by atoms with Crippen LogP contribution in [0.4, 0.5) is 11.4 Å². The maximum atomic E-state index is 12.2. The monoisotopic (exact) mass is 374 g/mol. The number of rotatable bonds is 5. The quantitative estimate of drug-likeness (QED) is 0.656. The third kappa shape index (κ3) is 3.71. The molecule has 0 bridgehead atoms. The molecule has 10 heteroatoms. The Morgan fingerprint density at radius 3 is 2.12 bits per heavy atom. The number of carbonyl (C=O) groups excluding carboxylic acids is 3. The van der Waals surface area contributed by atoms with Crippen molar-refractivity contribution in [2.24, 2.45) is 5.14 Å². The summed E-state index contributed by atoms with van der Waals surface area (Å²) in [5, 5.41) is 7.39. The van der Waals surface area contributed by atoms with Gasteiger partial charge in [-0.1, -0.05) is 18.2 Å². The first-order valence-electron chi connectivity index (χ1n) is 7.40. The Morgan fingerprint density at radius 1 is 0.962 bits per heavy atom. The van der Waals surface area contributed by atoms with E-state index >= 15 is 0 Å². The molecule has 9 nitrogen and oxygen atoms in total. The van der Waals surface area contributed by atoms with Crippen LogP contribution >= 0.6 is 0 Å². The maximum Gasteiger partial charge on any atom is 0.296 e. The van der Waals surface area contributed by atoms with Crippen LogP contribution in [0.25, 0.3) is 0 Å². The number of carbonyl (C=O) groups is 3. The number of anilines is 2. The van der Waals surface area contributed by atoms with Crippen molar-refractivity contribution in [2.75, 3.05) is 16.6 Å². The van der Waals surface area contributed by atoms with E-state index in [9.17, 15) is 22.8 Å². The van der Waals surface area contributed by atoms with Crippen molar-refractivity contribution in [1.82, 2.24) is 4.90 Å². The van der Waals surface area contributed by atoms with Crippen LogP contribution in [0.15, 0.2) is 48.5 Å². The van der Waals surface area contributed by atoms with Gasteiger partial charge in [-0.05, 0) is 30.3 Å². The third-order valence-electron chi connectivity index (χ3n) is 3.59. The highest BCUT2D eigenvalue weighted by molar-refractivity contribution is 7.90. The van der Waals surface area contributed by atoms with Gasteiger partial charge in [0, 0.05) is 5.69 Å². The summed E-state index contributed by atoms with van der Waals surface area (Å²) in [5.41, 5.74) is 0.945. The maximum absolute atomic E-state index is 12.2. The number of benzene rings is 2. The molecule has 0 unspecified atom stereocenters. The lowest BCUT2D eigenvalue weighted by molar-refractivity contribution is -0.116. The minimum Gasteiger partial charge on any atom is -0.324 e. The molecule has 3 amide bonds. The molecule has 1 aliphatic rings. The summed E-state index contributed by atoms with van der Waals surface area (Å²) in [6.45, 7) is -0.459. The summed E-state index contributed by atoms with van der Waals surface area (Å²) in [5.74, 6) is -1.68. The standard InChI is InChI=1S/C16H14N4O5S/c17-26(24,25)19-11-5-3-4-10(8-11)18-14(21)9-20-15(22)12-6-1-2-7-13(12)16(20)23/h1-8,19H,9H2,(H,18,21)(H2,17,24,25). The number of nitrogens with two attached hydrogens (primary N) is 1. The van der Waals surface area contributed by atoms with Gasteiger partial charge in [0.2, 0.25) is 5.91 Å². The number of amides is 3. The second-order valence-electron chi connectivity index (χ2n) is 5.52. The van der Waals surface area contributed by atoms with Gasteiger partial charge >= 0.3 is 0 Å². The van der Waals surface area contributed by atoms with E-state index in [0.717, 1.165) is 4.90 Å². The molecule has 0 aromatic heterocycles. The van der Waals surface area contributed by atoms with Crippen molar-refractivity contribution < 1.29 is 22.8 Å². The van der Waals surface area contributed by atoms with E-state index in [1.54, 1.807) is 12.1 Å². The Kier molecular flexibility index (Phi) is 4.45. The first kappa shape index (κ1) is 17.6. The molecule has 2 aromatic carbocycles. The molecular weight excluding hydrogens is 360 g/mol. The molecule has 0 saturated carbocycles. The number of imide groups is 1. The van der Waals surface area contributed by atoms with E-state index in [1.165, 1.54) is 36.4 Å². The Morgan fingerprint density at radius 2 is 1.54 bits per heavy atom. The second-order valence-corrected chi connectivity index (χ2v) is 6.81. The van der Waals surface area contributed by atoms with Gasteiger partial charge in [-0.2, -0.15) is 8.42 Å². The molecule has 2 aromatic rings. The second kappa shape index (κ2) is 6.58. The third-order valence-corrected chi connectivity index (χ3v) is 4.11. The number of nitrogens with zero attached hydrogens (tertiary/aromatic N) is 1. The van der Waals surface area contributed by atoms with Gasteiger partial charge in [0.25, 0.3) is 22.0 Å². The fraction of sp³-hybridized carbons (Fsp3) is 0.0625. The largest absolute Gasteiger partial charge is 0.324 e. The first-order valence-corrected chi connectivity index (χ1v) is 8.95. The topological polar surface area (TPSA) is 139 Å². The highest BCUT2D eigenvalue weighted by Gasteiger charge is 2.36. The van der Waals surface area contributed by atoms with E-state index in [-0.39, 0.29) is 22.5 Å². The summed E-state index contributed by atoms with van der Waals surface area (Å²) in [4.78, 5) is 37.5. The molecule has 26 heavy (non-hydrogen) atoms. The van der Waals surface area contributed by atoms with Gasteiger partial charge in [0.1, 0.15) is 6.54 Å². The highest BCUT2D eigenvalue weighted by atomic mass is 32.2. The summed E-state index contributed by atoms with van der Waals surface area (Å²) in [6, 6.07) is 12.1. The van der Waals surface area contributed by atoms with Crippen LogP contribution in [0, 0.1) is 0 Å². The number of fused-ring (bicyclic) bond motifs is 1. The number of hydrogen-bond acceptors (Lipinski definition) is 5. The van der Waals surface area contributed by atoms with Gasteiger partial charge in [-0.25, -0.2) is 5.14 Å². The van der Waals surface area contributed by atoms with E-state index in [4.69, 9.17) is 5.14 Å². The van der Waals surface area contributed by atoms with E-state index in [2.05, 4.69) is 10.0 Å². The van der Waals surface area contributed by atoms with Gasteiger partial charge in [-0.3, -0.25) is 24.0 Å². The lowest BCUT2D eigenvalue weighted by Crippen LogP contribution is -2.37. The average molecular weight is 374 g/mol. The fourth-order valence-corrected chi connectivity index (χ4v) is 3.01. The summed E-state index contributed by atoms with van der Waals surface area (Å²) >= 11 is 0. The molecule has 134 valence electrons. The highest BCUT2D eigenvalue weighted by Crippen LogP contribution is 2.22. The first-order chi connectivity index (χ1) is 12.2. The van der Waals surface area contributed by atoms with Crippen molar-refractivity contribution in [1.29, 1.82) is 0 Å². The van der Waals surface area contributed by atoms with Crippen LogP contribution in [-0.4, -0.2) is 37.6 Å². The molecule has 0 aliphatic carbocycles. The van der Waals surface area contributed by atoms with Crippen molar-refractivity contribution in [2.45, 2.75) is 0 Å². The van der Waals surface area contributed by atoms with Crippen molar-refractivity contribution in [3.8, 4) is 0 Å². The molecule has 0 fully saturated rings. The summed E-state index contributed by atoms with van der Waals surface area (Å²) in [7, 11) is -3.95. The van der Waals surface area contributed by atoms with Crippen LogP contribution in [0.1, 0.15) is 20.7 Å². The van der Waals surface area contributed by atoms with Crippen molar-refractivity contribution in [3.05, 3.63) is 59.7 Å². The number of hydrogen-bond donors (Lipinski definition) is 3.